The van der Waals surface area contributed by atoms with Crippen LogP contribution in [0.3, 0.4) is 0 Å². The number of hydrogen-bond donors (Lipinski definition) is 2. The maximum Gasteiger partial charge on any atom is 0.274 e. The van der Waals surface area contributed by atoms with Crippen molar-refractivity contribution in [2.75, 3.05) is 18.5 Å². The van der Waals surface area contributed by atoms with Gasteiger partial charge in [0.05, 0.1) is 6.54 Å². The fourth-order valence-corrected chi connectivity index (χ4v) is 2.13. The van der Waals surface area contributed by atoms with Crippen LogP contribution >= 0.6 is 15.9 Å². The van der Waals surface area contributed by atoms with E-state index in [-0.39, 0.29) is 5.91 Å². The van der Waals surface area contributed by atoms with E-state index in [4.69, 9.17) is 10.5 Å². The molecule has 2 aromatic rings. The molecule has 1 aromatic heterocycles. The Hall–Kier alpha value is -2.25. The molecule has 0 unspecified atom stereocenters. The summed E-state index contributed by atoms with van der Waals surface area (Å²) in [5, 5.41) is 2.82. The van der Waals surface area contributed by atoms with E-state index in [1.54, 1.807) is 18.3 Å². The van der Waals surface area contributed by atoms with Crippen molar-refractivity contribution in [3.8, 4) is 0 Å². The summed E-state index contributed by atoms with van der Waals surface area (Å²) >= 11 is 3.29. The Morgan fingerprint density at radius 3 is 2.92 bits per heavy atom. The van der Waals surface area contributed by atoms with Crippen LogP contribution in [0.1, 0.15) is 23.0 Å². The van der Waals surface area contributed by atoms with Gasteiger partial charge >= 0.3 is 0 Å². The summed E-state index contributed by atoms with van der Waals surface area (Å²) in [4.78, 5) is 20.5. The standard InChI is InChI=1S/C17H19BrN4O2/c1-2-24-11-16(19)21-9-12-4-3-5-14(8-12)22-17(23)15-7-6-13(18)10-20-15/h3-8,10H,2,9,11H2,1H3,(H2,19,21)(H,22,23). The quantitative estimate of drug-likeness (QED) is 0.561. The Balaban J connectivity index is 1.99. The average molecular weight is 391 g/mol. The maximum absolute atomic E-state index is 12.2. The molecule has 0 saturated heterocycles. The molecule has 1 aromatic carbocycles. The lowest BCUT2D eigenvalue weighted by molar-refractivity contribution is 0.102. The molecule has 1 heterocycles. The number of aliphatic imine (C=N–C) groups is 1. The Kier molecular flexibility index (Phi) is 6.89. The van der Waals surface area contributed by atoms with E-state index in [1.165, 1.54) is 0 Å². The molecule has 0 aliphatic heterocycles. The number of carbonyl (C=O) groups is 1. The van der Waals surface area contributed by atoms with Gasteiger partial charge < -0.3 is 15.8 Å². The lowest BCUT2D eigenvalue weighted by atomic mass is 10.2. The van der Waals surface area contributed by atoms with Crippen molar-refractivity contribution in [1.82, 2.24) is 4.98 Å². The minimum Gasteiger partial charge on any atom is -0.386 e. The summed E-state index contributed by atoms with van der Waals surface area (Å²) in [7, 11) is 0. The number of amidine groups is 1. The molecule has 2 rings (SSSR count). The number of rotatable bonds is 7. The highest BCUT2D eigenvalue weighted by Gasteiger charge is 2.07. The minimum absolute atomic E-state index is 0.265. The van der Waals surface area contributed by atoms with Crippen LogP contribution in [0.25, 0.3) is 0 Å². The SMILES string of the molecule is CCOC/C(N)=N\Cc1cccc(NC(=O)c2ccc(Br)cn2)c1. The van der Waals surface area contributed by atoms with Crippen molar-refractivity contribution in [2.45, 2.75) is 13.5 Å². The van der Waals surface area contributed by atoms with Crippen molar-refractivity contribution in [1.29, 1.82) is 0 Å². The molecular weight excluding hydrogens is 372 g/mol. The smallest absolute Gasteiger partial charge is 0.274 e. The van der Waals surface area contributed by atoms with Crippen molar-refractivity contribution < 1.29 is 9.53 Å². The molecule has 126 valence electrons. The number of aromatic nitrogens is 1. The Labute approximate surface area is 149 Å². The van der Waals surface area contributed by atoms with Crippen LogP contribution in [0.15, 0.2) is 52.1 Å². The largest absolute Gasteiger partial charge is 0.386 e. The van der Waals surface area contributed by atoms with E-state index in [2.05, 4.69) is 31.2 Å². The van der Waals surface area contributed by atoms with Gasteiger partial charge in [-0.1, -0.05) is 12.1 Å². The number of carbonyl (C=O) groups excluding carboxylic acids is 1. The van der Waals surface area contributed by atoms with Crippen molar-refractivity contribution >= 4 is 33.4 Å². The third kappa shape index (κ3) is 5.75. The lowest BCUT2D eigenvalue weighted by Crippen LogP contribution is -2.19. The summed E-state index contributed by atoms with van der Waals surface area (Å²) in [6.07, 6.45) is 1.58. The van der Waals surface area contributed by atoms with Gasteiger partial charge in [0.15, 0.2) is 0 Å². The highest BCUT2D eigenvalue weighted by molar-refractivity contribution is 9.10. The number of pyridine rings is 1. The van der Waals surface area contributed by atoms with Crippen LogP contribution in [0, 0.1) is 0 Å². The second kappa shape index (κ2) is 9.14. The van der Waals surface area contributed by atoms with E-state index < -0.39 is 0 Å². The highest BCUT2D eigenvalue weighted by Crippen LogP contribution is 2.14. The molecule has 0 aliphatic rings. The number of nitrogens with two attached hydrogens (primary N) is 1. The zero-order chi connectivity index (χ0) is 17.4. The molecule has 0 bridgehead atoms. The first-order chi connectivity index (χ1) is 11.6. The van der Waals surface area contributed by atoms with Crippen LogP contribution in [0.4, 0.5) is 5.69 Å². The number of nitrogens with zero attached hydrogens (tertiary/aromatic N) is 2. The van der Waals surface area contributed by atoms with Gasteiger partial charge in [-0.15, -0.1) is 0 Å². The summed E-state index contributed by atoms with van der Waals surface area (Å²) in [6.45, 7) is 3.25. The summed E-state index contributed by atoms with van der Waals surface area (Å²) < 4.78 is 6.02. The van der Waals surface area contributed by atoms with Crippen molar-refractivity contribution in [2.24, 2.45) is 10.7 Å². The molecule has 0 saturated carbocycles. The summed E-state index contributed by atoms with van der Waals surface area (Å²) in [6, 6.07) is 10.9. The summed E-state index contributed by atoms with van der Waals surface area (Å²) in [5.41, 5.74) is 7.73. The molecule has 0 fully saturated rings. The molecular formula is C17H19BrN4O2. The molecule has 0 aliphatic carbocycles. The van der Waals surface area contributed by atoms with Gasteiger partial charge in [-0.2, -0.15) is 0 Å². The van der Waals surface area contributed by atoms with Crippen LogP contribution in [-0.2, 0) is 11.3 Å². The Morgan fingerprint density at radius 2 is 2.21 bits per heavy atom. The molecule has 0 atom stereocenters. The molecule has 6 nitrogen and oxygen atoms in total. The number of benzene rings is 1. The van der Waals surface area contributed by atoms with Gasteiger partial charge in [0.2, 0.25) is 0 Å². The fourth-order valence-electron chi connectivity index (χ4n) is 1.90. The fraction of sp³-hybridized carbons (Fsp3) is 0.235. The molecule has 1 amide bonds. The Bertz CT molecular complexity index is 717. The van der Waals surface area contributed by atoms with E-state index >= 15 is 0 Å². The van der Waals surface area contributed by atoms with Gasteiger partial charge in [0, 0.05) is 23.0 Å². The van der Waals surface area contributed by atoms with Crippen molar-refractivity contribution in [3.63, 3.8) is 0 Å². The van der Waals surface area contributed by atoms with Crippen molar-refractivity contribution in [3.05, 3.63) is 58.3 Å². The molecule has 24 heavy (non-hydrogen) atoms. The first-order valence-electron chi connectivity index (χ1n) is 7.47. The predicted molar refractivity (Wildman–Crippen MR) is 98.2 cm³/mol. The second-order valence-corrected chi connectivity index (χ2v) is 5.88. The lowest BCUT2D eigenvalue weighted by Gasteiger charge is -2.07. The van der Waals surface area contributed by atoms with Gasteiger partial charge in [-0.3, -0.25) is 9.79 Å². The normalized spacial score (nSPS) is 11.3. The first kappa shape index (κ1) is 18.1. The van der Waals surface area contributed by atoms with E-state index in [0.29, 0.717) is 37.0 Å². The number of hydrogen-bond acceptors (Lipinski definition) is 4. The number of ether oxygens (including phenoxy) is 1. The third-order valence-corrected chi connectivity index (χ3v) is 3.53. The number of anilines is 1. The monoisotopic (exact) mass is 390 g/mol. The van der Waals surface area contributed by atoms with E-state index in [0.717, 1.165) is 10.0 Å². The predicted octanol–water partition coefficient (Wildman–Crippen LogP) is 2.99. The van der Waals surface area contributed by atoms with Crippen LogP contribution in [0.2, 0.25) is 0 Å². The van der Waals surface area contributed by atoms with Gasteiger partial charge in [-0.25, -0.2) is 4.98 Å². The van der Waals surface area contributed by atoms with Gasteiger partial charge in [-0.05, 0) is 52.7 Å². The van der Waals surface area contributed by atoms with Crippen LogP contribution in [0.5, 0.6) is 0 Å². The summed E-state index contributed by atoms with van der Waals surface area (Å²) in [5.74, 6) is 0.185. The Morgan fingerprint density at radius 1 is 1.38 bits per heavy atom. The van der Waals surface area contributed by atoms with E-state index in [9.17, 15) is 4.79 Å². The first-order valence-corrected chi connectivity index (χ1v) is 8.26. The topological polar surface area (TPSA) is 89.6 Å². The molecule has 0 spiro atoms. The minimum atomic E-state index is -0.265. The van der Waals surface area contributed by atoms with Crippen LogP contribution < -0.4 is 11.1 Å². The van der Waals surface area contributed by atoms with Crippen LogP contribution in [-0.4, -0.2) is 29.9 Å². The molecule has 0 radical (unpaired) electrons. The second-order valence-electron chi connectivity index (χ2n) is 4.96. The zero-order valence-corrected chi connectivity index (χ0v) is 14.9. The third-order valence-electron chi connectivity index (χ3n) is 3.06. The highest BCUT2D eigenvalue weighted by atomic mass is 79.9. The molecule has 7 heteroatoms. The van der Waals surface area contributed by atoms with Gasteiger partial charge in [0.1, 0.15) is 18.1 Å². The van der Waals surface area contributed by atoms with E-state index in [1.807, 2.05) is 31.2 Å². The number of halogens is 1. The number of nitrogens with one attached hydrogen (secondary N) is 1. The van der Waals surface area contributed by atoms with Gasteiger partial charge in [0.25, 0.3) is 5.91 Å². The number of amides is 1. The zero-order valence-electron chi connectivity index (χ0n) is 13.3. The molecule has 3 N–H and O–H groups in total. The maximum atomic E-state index is 12.2. The average Bonchev–Trinajstić information content (AvgIpc) is 2.59.